The summed E-state index contributed by atoms with van der Waals surface area (Å²) in [4.78, 5) is 25.2. The minimum atomic E-state index is -0.191. The summed E-state index contributed by atoms with van der Waals surface area (Å²) < 4.78 is 0. The third-order valence-corrected chi connectivity index (χ3v) is 3.25. The van der Waals surface area contributed by atoms with Crippen LogP contribution < -0.4 is 10.6 Å². The molecule has 1 heterocycles. The van der Waals surface area contributed by atoms with Gasteiger partial charge in [-0.15, -0.1) is 0 Å². The quantitative estimate of drug-likeness (QED) is 0.841. The molecule has 2 amide bonds. The number of hydrogen-bond acceptors (Lipinski definition) is 3. The number of nitrogens with zero attached hydrogens (tertiary/aromatic N) is 1. The van der Waals surface area contributed by atoms with Crippen LogP contribution in [0.1, 0.15) is 12.0 Å². The Labute approximate surface area is 113 Å². The molecule has 0 radical (unpaired) electrons. The minimum Gasteiger partial charge on any atom is -0.355 e. The van der Waals surface area contributed by atoms with Crippen molar-refractivity contribution < 1.29 is 9.59 Å². The molecule has 1 fully saturated rings. The first kappa shape index (κ1) is 13.5. The molecule has 1 unspecified atom stereocenters. The van der Waals surface area contributed by atoms with Gasteiger partial charge in [-0.25, -0.2) is 0 Å². The topological polar surface area (TPSA) is 61.4 Å². The number of carbonyl (C=O) groups excluding carboxylic acids is 2. The number of anilines is 1. The van der Waals surface area contributed by atoms with Gasteiger partial charge in [-0.3, -0.25) is 14.5 Å². The molecule has 1 aliphatic heterocycles. The van der Waals surface area contributed by atoms with E-state index < -0.39 is 0 Å². The summed E-state index contributed by atoms with van der Waals surface area (Å²) in [6.45, 7) is 2.88. The van der Waals surface area contributed by atoms with Crippen molar-refractivity contribution in [3.8, 4) is 0 Å². The second-order valence-electron chi connectivity index (χ2n) is 4.93. The fourth-order valence-electron chi connectivity index (χ4n) is 2.26. The number of rotatable bonds is 4. The van der Waals surface area contributed by atoms with Gasteiger partial charge >= 0.3 is 0 Å². The molecule has 1 saturated heterocycles. The zero-order valence-electron chi connectivity index (χ0n) is 11.3. The number of nitrogens with one attached hydrogen (secondary N) is 2. The number of likely N-dealkylation sites (N-methyl/N-ethyl adjacent to an activating group) is 1. The van der Waals surface area contributed by atoms with Gasteiger partial charge in [0, 0.05) is 12.2 Å². The third-order valence-electron chi connectivity index (χ3n) is 3.25. The van der Waals surface area contributed by atoms with Gasteiger partial charge < -0.3 is 10.6 Å². The van der Waals surface area contributed by atoms with E-state index in [4.69, 9.17) is 0 Å². The number of benzene rings is 1. The largest absolute Gasteiger partial charge is 0.355 e. The first-order valence-electron chi connectivity index (χ1n) is 6.41. The van der Waals surface area contributed by atoms with E-state index in [0.29, 0.717) is 6.54 Å². The highest BCUT2D eigenvalue weighted by atomic mass is 16.2. The van der Waals surface area contributed by atoms with Crippen molar-refractivity contribution in [2.75, 3.05) is 25.5 Å². The van der Waals surface area contributed by atoms with Gasteiger partial charge in [0.25, 0.3) is 0 Å². The average molecular weight is 261 g/mol. The fourth-order valence-corrected chi connectivity index (χ4v) is 2.26. The molecule has 0 aromatic heterocycles. The molecule has 0 bridgehead atoms. The summed E-state index contributed by atoms with van der Waals surface area (Å²) >= 11 is 0. The molecule has 0 saturated carbocycles. The Bertz CT molecular complexity index is 487. The molecule has 2 rings (SSSR count). The van der Waals surface area contributed by atoms with Crippen LogP contribution in [0, 0.1) is 6.92 Å². The van der Waals surface area contributed by atoms with Crippen LogP contribution >= 0.6 is 0 Å². The first-order valence-corrected chi connectivity index (χ1v) is 6.41. The van der Waals surface area contributed by atoms with E-state index in [1.54, 1.807) is 11.9 Å². The zero-order chi connectivity index (χ0) is 13.8. The summed E-state index contributed by atoms with van der Waals surface area (Å²) in [6, 6.07) is 7.46. The van der Waals surface area contributed by atoms with Crippen molar-refractivity contribution in [2.45, 2.75) is 19.4 Å². The maximum Gasteiger partial charge on any atom is 0.238 e. The Kier molecular flexibility index (Phi) is 4.16. The lowest BCUT2D eigenvalue weighted by atomic mass is 10.2. The van der Waals surface area contributed by atoms with E-state index in [1.165, 1.54) is 0 Å². The maximum absolute atomic E-state index is 11.9. The second kappa shape index (κ2) is 5.84. The second-order valence-corrected chi connectivity index (χ2v) is 4.93. The van der Waals surface area contributed by atoms with E-state index in [-0.39, 0.29) is 24.4 Å². The van der Waals surface area contributed by atoms with Crippen LogP contribution in [0.3, 0.4) is 0 Å². The molecule has 1 aliphatic rings. The zero-order valence-corrected chi connectivity index (χ0v) is 11.3. The van der Waals surface area contributed by atoms with Crippen LogP contribution in [0.2, 0.25) is 0 Å². The molecule has 1 atom stereocenters. The van der Waals surface area contributed by atoms with E-state index in [2.05, 4.69) is 10.6 Å². The predicted octanol–water partition coefficient (Wildman–Crippen LogP) is 0.754. The average Bonchev–Trinajstić information content (AvgIpc) is 2.75. The number of carbonyl (C=O) groups is 2. The van der Waals surface area contributed by atoms with Crippen LogP contribution in [0.4, 0.5) is 5.69 Å². The summed E-state index contributed by atoms with van der Waals surface area (Å²) in [7, 11) is 1.80. The molecule has 2 N–H and O–H groups in total. The highest BCUT2D eigenvalue weighted by molar-refractivity contribution is 5.93. The van der Waals surface area contributed by atoms with Gasteiger partial charge in [-0.2, -0.15) is 0 Å². The van der Waals surface area contributed by atoms with E-state index >= 15 is 0 Å². The Morgan fingerprint density at radius 1 is 1.53 bits per heavy atom. The standard InChI is InChI=1S/C14H19N3O2/c1-10-4-3-5-11(8-10)16-13(18)9-17(2)12-6-7-15-14(12)19/h3-5,8,12H,6-7,9H2,1-2H3,(H,15,19)(H,16,18). The van der Waals surface area contributed by atoms with Crippen LogP contribution in [-0.4, -0.2) is 42.9 Å². The lowest BCUT2D eigenvalue weighted by Gasteiger charge is -2.21. The number of amides is 2. The van der Waals surface area contributed by atoms with Gasteiger partial charge in [0.1, 0.15) is 0 Å². The molecule has 19 heavy (non-hydrogen) atoms. The summed E-state index contributed by atoms with van der Waals surface area (Å²) in [5.74, 6) is -0.0985. The third kappa shape index (κ3) is 3.54. The van der Waals surface area contributed by atoms with Crippen LogP contribution in [-0.2, 0) is 9.59 Å². The van der Waals surface area contributed by atoms with E-state index in [0.717, 1.165) is 17.7 Å². The number of hydrogen-bond donors (Lipinski definition) is 2. The van der Waals surface area contributed by atoms with Crippen molar-refractivity contribution >= 4 is 17.5 Å². The van der Waals surface area contributed by atoms with Gasteiger partial charge in [-0.1, -0.05) is 12.1 Å². The van der Waals surface area contributed by atoms with Gasteiger partial charge in [0.05, 0.1) is 12.6 Å². The molecule has 102 valence electrons. The highest BCUT2D eigenvalue weighted by Crippen LogP contribution is 2.11. The van der Waals surface area contributed by atoms with Crippen LogP contribution in [0.5, 0.6) is 0 Å². The van der Waals surface area contributed by atoms with E-state index in [1.807, 2.05) is 31.2 Å². The normalized spacial score (nSPS) is 18.5. The molecule has 5 nitrogen and oxygen atoms in total. The van der Waals surface area contributed by atoms with Crippen LogP contribution in [0.25, 0.3) is 0 Å². The molecule has 5 heteroatoms. The Balaban J connectivity index is 1.89. The number of aryl methyl sites for hydroxylation is 1. The summed E-state index contributed by atoms with van der Waals surface area (Å²) in [5, 5.41) is 5.61. The maximum atomic E-state index is 11.9. The van der Waals surface area contributed by atoms with Crippen molar-refractivity contribution in [2.24, 2.45) is 0 Å². The summed E-state index contributed by atoms with van der Waals surface area (Å²) in [6.07, 6.45) is 0.757. The van der Waals surface area contributed by atoms with Crippen molar-refractivity contribution in [1.29, 1.82) is 0 Å². The first-order chi connectivity index (χ1) is 9.06. The molecular formula is C14H19N3O2. The molecule has 0 spiro atoms. The lowest BCUT2D eigenvalue weighted by Crippen LogP contribution is -2.42. The molecule has 1 aromatic carbocycles. The van der Waals surface area contributed by atoms with Gasteiger partial charge in [-0.05, 0) is 38.1 Å². The minimum absolute atomic E-state index is 0.00542. The van der Waals surface area contributed by atoms with Gasteiger partial charge in [0.2, 0.25) is 11.8 Å². The fraction of sp³-hybridized carbons (Fsp3) is 0.429. The van der Waals surface area contributed by atoms with Crippen molar-refractivity contribution in [3.05, 3.63) is 29.8 Å². The Morgan fingerprint density at radius 2 is 2.32 bits per heavy atom. The monoisotopic (exact) mass is 261 g/mol. The highest BCUT2D eigenvalue weighted by Gasteiger charge is 2.28. The molecular weight excluding hydrogens is 242 g/mol. The molecule has 0 aliphatic carbocycles. The summed E-state index contributed by atoms with van der Waals surface area (Å²) in [5.41, 5.74) is 1.88. The van der Waals surface area contributed by atoms with Crippen molar-refractivity contribution in [1.82, 2.24) is 10.2 Å². The van der Waals surface area contributed by atoms with E-state index in [9.17, 15) is 9.59 Å². The lowest BCUT2D eigenvalue weighted by molar-refractivity contribution is -0.124. The Morgan fingerprint density at radius 3 is 2.95 bits per heavy atom. The molecule has 1 aromatic rings. The predicted molar refractivity (Wildman–Crippen MR) is 73.9 cm³/mol. The van der Waals surface area contributed by atoms with Gasteiger partial charge in [0.15, 0.2) is 0 Å². The van der Waals surface area contributed by atoms with Crippen molar-refractivity contribution in [3.63, 3.8) is 0 Å². The smallest absolute Gasteiger partial charge is 0.238 e. The van der Waals surface area contributed by atoms with Crippen LogP contribution in [0.15, 0.2) is 24.3 Å². The SMILES string of the molecule is Cc1cccc(NC(=O)CN(C)C2CCNC2=O)c1. The Hall–Kier alpha value is -1.88.